The van der Waals surface area contributed by atoms with Crippen LogP contribution in [0.15, 0.2) is 72.8 Å². The first kappa shape index (κ1) is 24.7. The summed E-state index contributed by atoms with van der Waals surface area (Å²) < 4.78 is 11.4. The highest BCUT2D eigenvalue weighted by Crippen LogP contribution is 2.36. The number of methoxy groups -OCH3 is 1. The molecule has 37 heavy (non-hydrogen) atoms. The summed E-state index contributed by atoms with van der Waals surface area (Å²) in [4.78, 5) is 40.6. The van der Waals surface area contributed by atoms with E-state index in [4.69, 9.17) is 9.47 Å². The van der Waals surface area contributed by atoms with E-state index >= 15 is 0 Å². The van der Waals surface area contributed by atoms with Gasteiger partial charge in [-0.05, 0) is 55.3 Å². The number of fused-ring (bicyclic) bond motifs is 1. The highest BCUT2D eigenvalue weighted by molar-refractivity contribution is 8.15. The van der Waals surface area contributed by atoms with Gasteiger partial charge in [-0.1, -0.05) is 42.1 Å². The van der Waals surface area contributed by atoms with Crippen LogP contribution in [-0.2, 0) is 11.2 Å². The van der Waals surface area contributed by atoms with Crippen LogP contribution in [0, 0.1) is 0 Å². The summed E-state index contributed by atoms with van der Waals surface area (Å²) >= 11 is 1.02. The second-order valence-electron chi connectivity index (χ2n) is 8.95. The Morgan fingerprint density at radius 2 is 1.73 bits per heavy atom. The van der Waals surface area contributed by atoms with Gasteiger partial charge in [-0.25, -0.2) is 0 Å². The minimum atomic E-state index is -0.403. The van der Waals surface area contributed by atoms with Crippen LogP contribution in [0.4, 0.5) is 16.2 Å². The monoisotopic (exact) mass is 517 g/mol. The molecular formula is C28H27N3O5S. The number of amides is 3. The molecule has 0 bridgehead atoms. The molecular weight excluding hydrogens is 490 g/mol. The van der Waals surface area contributed by atoms with E-state index in [1.807, 2.05) is 72.5 Å². The Bertz CT molecular complexity index is 1320. The predicted molar refractivity (Wildman–Crippen MR) is 143 cm³/mol. The van der Waals surface area contributed by atoms with Gasteiger partial charge in [-0.2, -0.15) is 0 Å². The molecule has 0 saturated carbocycles. The van der Waals surface area contributed by atoms with Gasteiger partial charge in [0.2, 0.25) is 5.91 Å². The van der Waals surface area contributed by atoms with Crippen molar-refractivity contribution in [2.75, 3.05) is 25.3 Å². The maximum atomic E-state index is 13.4. The topological polar surface area (TPSA) is 88.2 Å². The normalized spacial score (nSPS) is 17.9. The quantitative estimate of drug-likeness (QED) is 0.467. The molecule has 0 spiro atoms. The first-order valence-electron chi connectivity index (χ1n) is 12.0. The van der Waals surface area contributed by atoms with Crippen LogP contribution >= 0.6 is 11.8 Å². The summed E-state index contributed by atoms with van der Waals surface area (Å²) in [5, 5.41) is 1.60. The number of thioether (sulfide) groups is 1. The molecule has 2 aliphatic rings. The smallest absolute Gasteiger partial charge is 0.286 e. The Morgan fingerprint density at radius 3 is 2.41 bits per heavy atom. The lowest BCUT2D eigenvalue weighted by atomic mass is 10.1. The number of anilines is 2. The predicted octanol–water partition coefficient (Wildman–Crippen LogP) is 4.61. The lowest BCUT2D eigenvalue weighted by molar-refractivity contribution is -0.118. The third-order valence-corrected chi connectivity index (χ3v) is 7.46. The SMILES string of the molecule is COc1ccc2c(c1)N(c1ccccc1)CN(C(C)COc1ccc(CC3SC(=O)NC3=O)cc1)C2=O. The average Bonchev–Trinajstić information content (AvgIpc) is 3.24. The Hall–Kier alpha value is -3.98. The van der Waals surface area contributed by atoms with Crippen molar-refractivity contribution in [3.8, 4) is 11.5 Å². The third kappa shape index (κ3) is 5.27. The molecule has 190 valence electrons. The fraction of sp³-hybridized carbons (Fsp3) is 0.250. The lowest BCUT2D eigenvalue weighted by Crippen LogP contribution is -2.50. The molecule has 1 N–H and O–H groups in total. The molecule has 2 unspecified atom stereocenters. The second-order valence-corrected chi connectivity index (χ2v) is 10.1. The van der Waals surface area contributed by atoms with Crippen LogP contribution in [0.2, 0.25) is 0 Å². The van der Waals surface area contributed by atoms with Crippen molar-refractivity contribution >= 4 is 40.2 Å². The van der Waals surface area contributed by atoms with Crippen LogP contribution in [0.5, 0.6) is 11.5 Å². The number of nitrogens with one attached hydrogen (secondary N) is 1. The maximum Gasteiger partial charge on any atom is 0.286 e. The number of benzene rings is 3. The third-order valence-electron chi connectivity index (χ3n) is 6.48. The van der Waals surface area contributed by atoms with Gasteiger partial charge in [0.05, 0.1) is 36.3 Å². The highest BCUT2D eigenvalue weighted by atomic mass is 32.2. The largest absolute Gasteiger partial charge is 0.497 e. The minimum Gasteiger partial charge on any atom is -0.497 e. The molecule has 3 aromatic rings. The summed E-state index contributed by atoms with van der Waals surface area (Å²) in [7, 11) is 1.61. The number of hydrogen-bond donors (Lipinski definition) is 1. The van der Waals surface area contributed by atoms with Crippen molar-refractivity contribution in [3.05, 3.63) is 83.9 Å². The summed E-state index contributed by atoms with van der Waals surface area (Å²) in [5.41, 5.74) is 3.35. The Labute approximate surface area is 219 Å². The fourth-order valence-electron chi connectivity index (χ4n) is 4.43. The number of ether oxygens (including phenoxy) is 2. The molecule has 1 saturated heterocycles. The van der Waals surface area contributed by atoms with Crippen molar-refractivity contribution in [2.45, 2.75) is 24.6 Å². The minimum absolute atomic E-state index is 0.0573. The van der Waals surface area contributed by atoms with Gasteiger partial charge in [0.25, 0.3) is 11.1 Å². The number of nitrogens with zero attached hydrogens (tertiary/aromatic N) is 2. The van der Waals surface area contributed by atoms with E-state index in [0.717, 1.165) is 28.7 Å². The number of carbonyl (C=O) groups is 3. The van der Waals surface area contributed by atoms with Gasteiger partial charge in [-0.3, -0.25) is 19.7 Å². The molecule has 2 aliphatic heterocycles. The van der Waals surface area contributed by atoms with Gasteiger partial charge in [0.1, 0.15) is 18.1 Å². The van der Waals surface area contributed by atoms with E-state index in [2.05, 4.69) is 10.2 Å². The van der Waals surface area contributed by atoms with Crippen LogP contribution in [-0.4, -0.2) is 53.6 Å². The molecule has 0 aromatic heterocycles. The van der Waals surface area contributed by atoms with E-state index in [1.165, 1.54) is 0 Å². The van der Waals surface area contributed by atoms with Gasteiger partial charge in [0, 0.05) is 11.8 Å². The van der Waals surface area contributed by atoms with Crippen molar-refractivity contribution in [2.24, 2.45) is 0 Å². The van der Waals surface area contributed by atoms with Crippen molar-refractivity contribution < 1.29 is 23.9 Å². The van der Waals surface area contributed by atoms with E-state index in [0.29, 0.717) is 36.8 Å². The first-order chi connectivity index (χ1) is 17.9. The van der Waals surface area contributed by atoms with Gasteiger partial charge in [-0.15, -0.1) is 0 Å². The first-order valence-corrected chi connectivity index (χ1v) is 12.9. The second kappa shape index (κ2) is 10.6. The van der Waals surface area contributed by atoms with Gasteiger partial charge < -0.3 is 19.3 Å². The molecule has 8 nitrogen and oxygen atoms in total. The summed E-state index contributed by atoms with van der Waals surface area (Å²) in [6.45, 7) is 2.66. The molecule has 2 atom stereocenters. The Morgan fingerprint density at radius 1 is 1.00 bits per heavy atom. The fourth-order valence-corrected chi connectivity index (χ4v) is 5.29. The lowest BCUT2D eigenvalue weighted by Gasteiger charge is -2.41. The highest BCUT2D eigenvalue weighted by Gasteiger charge is 2.34. The van der Waals surface area contributed by atoms with Crippen LogP contribution in [0.1, 0.15) is 22.8 Å². The zero-order valence-corrected chi connectivity index (χ0v) is 21.4. The average molecular weight is 518 g/mol. The summed E-state index contributed by atoms with van der Waals surface area (Å²) in [5.74, 6) is 1.06. The number of carbonyl (C=O) groups excluding carboxylic acids is 3. The number of rotatable bonds is 8. The van der Waals surface area contributed by atoms with Gasteiger partial charge >= 0.3 is 0 Å². The zero-order chi connectivity index (χ0) is 25.9. The molecule has 3 aromatic carbocycles. The maximum absolute atomic E-state index is 13.4. The van der Waals surface area contributed by atoms with E-state index in [-0.39, 0.29) is 23.1 Å². The number of hydrogen-bond acceptors (Lipinski definition) is 7. The van der Waals surface area contributed by atoms with E-state index < -0.39 is 5.25 Å². The van der Waals surface area contributed by atoms with E-state index in [9.17, 15) is 14.4 Å². The Balaban J connectivity index is 1.27. The number of para-hydroxylation sites is 1. The molecule has 5 rings (SSSR count). The van der Waals surface area contributed by atoms with Crippen molar-refractivity contribution in [1.29, 1.82) is 0 Å². The van der Waals surface area contributed by atoms with Gasteiger partial charge in [0.15, 0.2) is 0 Å². The number of imide groups is 1. The molecule has 0 aliphatic carbocycles. The summed E-state index contributed by atoms with van der Waals surface area (Å²) in [6.07, 6.45) is 0.473. The zero-order valence-electron chi connectivity index (χ0n) is 20.5. The van der Waals surface area contributed by atoms with Crippen LogP contribution < -0.4 is 19.7 Å². The standard InChI is InChI=1S/C28H27N3O5S/c1-18(16-36-21-10-8-19(9-11-21)14-25-26(32)29-28(34)37-25)30-17-31(20-6-4-3-5-7-20)24-15-22(35-2)12-13-23(24)27(30)33/h3-13,15,18,25H,14,16-17H2,1-2H3,(H,29,32,34). The van der Waals surface area contributed by atoms with Crippen molar-refractivity contribution in [3.63, 3.8) is 0 Å². The summed E-state index contributed by atoms with van der Waals surface area (Å²) in [6, 6.07) is 22.7. The van der Waals surface area contributed by atoms with Crippen LogP contribution in [0.25, 0.3) is 0 Å². The van der Waals surface area contributed by atoms with E-state index in [1.54, 1.807) is 19.2 Å². The van der Waals surface area contributed by atoms with Crippen molar-refractivity contribution in [1.82, 2.24) is 10.2 Å². The Kier molecular flexibility index (Phi) is 7.05. The molecule has 2 heterocycles. The van der Waals surface area contributed by atoms with Crippen LogP contribution in [0.3, 0.4) is 0 Å². The molecule has 0 radical (unpaired) electrons. The molecule has 9 heteroatoms. The molecule has 3 amide bonds. The molecule has 1 fully saturated rings.